The number of hydrogen-bond acceptors (Lipinski definition) is 6. The third kappa shape index (κ3) is 4.45. The first-order chi connectivity index (χ1) is 20.8. The molecule has 224 valence electrons. The highest BCUT2D eigenvalue weighted by atomic mass is 16.8. The highest BCUT2D eigenvalue weighted by Crippen LogP contribution is 2.53. The van der Waals surface area contributed by atoms with Crippen LogP contribution < -0.4 is 0 Å². The first kappa shape index (κ1) is 29.0. The van der Waals surface area contributed by atoms with Gasteiger partial charge in [0, 0.05) is 27.8 Å². The van der Waals surface area contributed by atoms with Crippen molar-refractivity contribution in [2.24, 2.45) is 21.7 Å². The van der Waals surface area contributed by atoms with E-state index in [2.05, 4.69) is 109 Å². The zero-order chi connectivity index (χ0) is 31.1. The predicted molar refractivity (Wildman–Crippen MR) is 176 cm³/mol. The standard InChI is InChI=1S/C34H38B3NO6/c1-31(2)19-17-27-29(33(31,5)6)41-36(39-27)43-35(44-37-40-28-18-20-32(3,4)34(7,8)30(28)42-37)21-22-38-25-15-11-9-13-23(25)24-14-10-12-16-26(24)38/h9-22H,1-8H3/b22-21+. The van der Waals surface area contributed by atoms with Crippen LogP contribution in [0, 0.1) is 21.7 Å². The summed E-state index contributed by atoms with van der Waals surface area (Å²) in [7, 11) is -2.96. The second-order valence-corrected chi connectivity index (χ2v) is 14.2. The van der Waals surface area contributed by atoms with Gasteiger partial charge in [-0.15, -0.1) is 0 Å². The molecule has 0 saturated carbocycles. The van der Waals surface area contributed by atoms with Crippen molar-refractivity contribution in [1.29, 1.82) is 0 Å². The van der Waals surface area contributed by atoms with Crippen LogP contribution in [0.5, 0.6) is 0 Å². The van der Waals surface area contributed by atoms with E-state index in [0.29, 0.717) is 11.5 Å². The molecule has 0 atom stereocenters. The minimum absolute atomic E-state index is 0.124. The molecular weight excluding hydrogens is 551 g/mol. The van der Waals surface area contributed by atoms with E-state index in [4.69, 9.17) is 27.8 Å². The summed E-state index contributed by atoms with van der Waals surface area (Å²) in [5.41, 5.74) is 1.30. The van der Waals surface area contributed by atoms with Crippen LogP contribution in [-0.2, 0) is 27.8 Å². The molecule has 10 heteroatoms. The van der Waals surface area contributed by atoms with Gasteiger partial charge in [0.1, 0.15) is 23.0 Å². The van der Waals surface area contributed by atoms with E-state index in [1.54, 1.807) is 0 Å². The molecule has 2 aliphatic carbocycles. The van der Waals surface area contributed by atoms with Crippen LogP contribution >= 0.6 is 0 Å². The second kappa shape index (κ2) is 9.88. The van der Waals surface area contributed by atoms with Gasteiger partial charge in [0.2, 0.25) is 0 Å². The van der Waals surface area contributed by atoms with Crippen molar-refractivity contribution in [1.82, 2.24) is 4.57 Å². The van der Waals surface area contributed by atoms with Crippen LogP contribution in [0.15, 0.2) is 102 Å². The largest absolute Gasteiger partial charge is 0.774 e. The third-order valence-corrected chi connectivity index (χ3v) is 10.5. The average molecular weight is 589 g/mol. The van der Waals surface area contributed by atoms with Gasteiger partial charge in [-0.1, -0.05) is 104 Å². The number of para-hydroxylation sites is 2. The van der Waals surface area contributed by atoms with Gasteiger partial charge >= 0.3 is 21.8 Å². The zero-order valence-corrected chi connectivity index (χ0v) is 26.7. The monoisotopic (exact) mass is 589 g/mol. The minimum atomic E-state index is -1.01. The molecule has 0 bridgehead atoms. The zero-order valence-electron chi connectivity index (χ0n) is 26.7. The number of benzene rings is 2. The predicted octanol–water partition coefficient (Wildman–Crippen LogP) is 8.06. The van der Waals surface area contributed by atoms with Crippen molar-refractivity contribution < 1.29 is 27.8 Å². The van der Waals surface area contributed by atoms with Gasteiger partial charge in [-0.3, -0.25) is 0 Å². The molecule has 0 amide bonds. The number of allylic oxidation sites excluding steroid dienone is 6. The van der Waals surface area contributed by atoms with E-state index >= 15 is 0 Å². The maximum Gasteiger partial charge on any atom is 0.774 e. The van der Waals surface area contributed by atoms with Crippen molar-refractivity contribution in [3.63, 3.8) is 0 Å². The maximum atomic E-state index is 6.36. The topological polar surface area (TPSA) is 60.3 Å². The lowest BCUT2D eigenvalue weighted by atomic mass is 9.64. The minimum Gasteiger partial charge on any atom is -0.501 e. The van der Waals surface area contributed by atoms with E-state index in [-0.39, 0.29) is 21.7 Å². The van der Waals surface area contributed by atoms with Crippen LogP contribution in [0.3, 0.4) is 0 Å². The fourth-order valence-corrected chi connectivity index (χ4v) is 6.10. The lowest BCUT2D eigenvalue weighted by Crippen LogP contribution is -2.40. The molecule has 0 spiro atoms. The molecule has 1 aromatic heterocycles. The fourth-order valence-electron chi connectivity index (χ4n) is 6.10. The summed E-state index contributed by atoms with van der Waals surface area (Å²) >= 11 is 0. The van der Waals surface area contributed by atoms with Crippen LogP contribution in [0.4, 0.5) is 0 Å². The summed E-state index contributed by atoms with van der Waals surface area (Å²) in [4.78, 5) is 0. The van der Waals surface area contributed by atoms with Gasteiger partial charge in [0.25, 0.3) is 0 Å². The first-order valence-corrected chi connectivity index (χ1v) is 15.3. The van der Waals surface area contributed by atoms with E-state index in [9.17, 15) is 0 Å². The Morgan fingerprint density at radius 1 is 0.636 bits per heavy atom. The fraction of sp³-hybridized carbons (Fsp3) is 0.353. The summed E-state index contributed by atoms with van der Waals surface area (Å²) in [6.45, 7) is 17.4. The second-order valence-electron chi connectivity index (χ2n) is 14.2. The quantitative estimate of drug-likeness (QED) is 0.271. The number of nitrogens with zero attached hydrogens (tertiary/aromatic N) is 1. The Hall–Kier alpha value is -3.75. The van der Waals surface area contributed by atoms with Gasteiger partial charge in [-0.2, -0.15) is 0 Å². The molecule has 0 N–H and O–H groups in total. The van der Waals surface area contributed by atoms with Gasteiger partial charge in [0.05, 0.1) is 11.0 Å². The molecular formula is C34H38B3NO6. The van der Waals surface area contributed by atoms with Gasteiger partial charge in [-0.05, 0) is 41.1 Å². The van der Waals surface area contributed by atoms with Gasteiger partial charge in [0.15, 0.2) is 0 Å². The van der Waals surface area contributed by atoms with E-state index in [0.717, 1.165) is 33.3 Å². The van der Waals surface area contributed by atoms with Gasteiger partial charge < -0.3 is 32.3 Å². The normalized spacial score (nSPS) is 22.3. The summed E-state index contributed by atoms with van der Waals surface area (Å²) in [5, 5.41) is 2.33. The summed E-state index contributed by atoms with van der Waals surface area (Å²) in [5.74, 6) is 4.70. The SMILES string of the molecule is CC1(C)C=CC2=C(OB(OB(/C=C/n3c4ccccc4c4ccccc43)OB3OC4=C(O3)C(C)(C)C(C)(C)C=C4)O2)C1(C)C. The van der Waals surface area contributed by atoms with Crippen molar-refractivity contribution in [3.05, 3.63) is 102 Å². The maximum absolute atomic E-state index is 6.36. The Balaban J connectivity index is 1.18. The molecule has 2 aromatic carbocycles. The molecule has 7 nitrogen and oxygen atoms in total. The Bertz CT molecular complexity index is 1690. The molecule has 3 aromatic rings. The lowest BCUT2D eigenvalue weighted by molar-refractivity contribution is 0.132. The van der Waals surface area contributed by atoms with Crippen LogP contribution in [-0.4, -0.2) is 26.3 Å². The Kier molecular flexibility index (Phi) is 6.51. The van der Waals surface area contributed by atoms with Crippen LogP contribution in [0.25, 0.3) is 28.0 Å². The lowest BCUT2D eigenvalue weighted by Gasteiger charge is -2.41. The molecule has 0 radical (unpaired) electrons. The molecule has 0 fully saturated rings. The number of aromatic nitrogens is 1. The molecule has 2 aliphatic heterocycles. The number of hydrogen-bond donors (Lipinski definition) is 0. The molecule has 44 heavy (non-hydrogen) atoms. The van der Waals surface area contributed by atoms with Crippen molar-refractivity contribution in [2.45, 2.75) is 55.4 Å². The summed E-state index contributed by atoms with van der Waals surface area (Å²) < 4.78 is 39.7. The Labute approximate surface area is 260 Å². The number of rotatable bonds is 6. The van der Waals surface area contributed by atoms with E-state index in [1.807, 2.05) is 36.5 Å². The van der Waals surface area contributed by atoms with E-state index < -0.39 is 21.8 Å². The summed E-state index contributed by atoms with van der Waals surface area (Å²) in [6, 6.07) is 16.7. The van der Waals surface area contributed by atoms with E-state index in [1.165, 1.54) is 0 Å². The molecule has 4 aliphatic rings. The summed E-state index contributed by atoms with van der Waals surface area (Å²) in [6.07, 6.45) is 10.2. The molecule has 0 saturated heterocycles. The van der Waals surface area contributed by atoms with Gasteiger partial charge in [-0.25, -0.2) is 0 Å². The number of fused-ring (bicyclic) bond motifs is 3. The first-order valence-electron chi connectivity index (χ1n) is 15.3. The third-order valence-electron chi connectivity index (χ3n) is 10.5. The van der Waals surface area contributed by atoms with Crippen molar-refractivity contribution in [2.75, 3.05) is 0 Å². The molecule has 0 unspecified atom stereocenters. The smallest absolute Gasteiger partial charge is 0.501 e. The van der Waals surface area contributed by atoms with Crippen molar-refractivity contribution in [3.8, 4) is 0 Å². The average Bonchev–Trinajstić information content (AvgIpc) is 3.67. The highest BCUT2D eigenvalue weighted by Gasteiger charge is 2.54. The van der Waals surface area contributed by atoms with Crippen LogP contribution in [0.2, 0.25) is 0 Å². The Morgan fingerprint density at radius 3 is 1.52 bits per heavy atom. The van der Waals surface area contributed by atoms with Crippen LogP contribution in [0.1, 0.15) is 55.4 Å². The molecule has 3 heterocycles. The highest BCUT2D eigenvalue weighted by molar-refractivity contribution is 6.66. The Morgan fingerprint density at radius 2 is 1.07 bits per heavy atom. The molecule has 7 rings (SSSR count). The van der Waals surface area contributed by atoms with Crippen molar-refractivity contribution >= 4 is 49.8 Å².